The fourth-order valence-electron chi connectivity index (χ4n) is 2.00. The van der Waals surface area contributed by atoms with Crippen molar-refractivity contribution in [3.05, 3.63) is 56.2 Å². The van der Waals surface area contributed by atoms with Gasteiger partial charge in [-0.05, 0) is 52.4 Å². The summed E-state index contributed by atoms with van der Waals surface area (Å²) < 4.78 is 29.8. The quantitative estimate of drug-likeness (QED) is 0.566. The Kier molecular flexibility index (Phi) is 3.40. The van der Waals surface area contributed by atoms with Gasteiger partial charge in [0.05, 0.1) is 21.2 Å². The number of H-pyrrole nitrogens is 1. The minimum atomic E-state index is -0.530. The third-order valence-corrected chi connectivity index (χ3v) is 4.00. The molecule has 20 heavy (non-hydrogen) atoms. The number of imidazole rings is 1. The van der Waals surface area contributed by atoms with Gasteiger partial charge in [0, 0.05) is 11.1 Å². The first kappa shape index (κ1) is 13.7. The molecule has 1 heterocycles. The van der Waals surface area contributed by atoms with Crippen LogP contribution in [0.4, 0.5) is 8.78 Å². The Morgan fingerprint density at radius 2 is 1.90 bits per heavy atom. The normalized spacial score (nSPS) is 11.2. The second-order valence-corrected chi connectivity index (χ2v) is 5.82. The maximum atomic E-state index is 14.0. The van der Waals surface area contributed by atoms with Crippen molar-refractivity contribution in [2.24, 2.45) is 0 Å². The van der Waals surface area contributed by atoms with E-state index in [0.29, 0.717) is 15.5 Å². The SMILES string of the molecule is Fc1cc2c(cc1Br)[nH]c(=S)n2-c1ccc(Cl)cc1F. The summed E-state index contributed by atoms with van der Waals surface area (Å²) in [5, 5.41) is 0.284. The molecule has 0 unspecified atom stereocenters. The summed E-state index contributed by atoms with van der Waals surface area (Å²) in [6.07, 6.45) is 0. The van der Waals surface area contributed by atoms with Crippen LogP contribution in [0.5, 0.6) is 0 Å². The number of aromatic nitrogens is 2. The summed E-state index contributed by atoms with van der Waals surface area (Å²) in [5.41, 5.74) is 1.28. The lowest BCUT2D eigenvalue weighted by molar-refractivity contribution is 0.616. The molecule has 0 aliphatic carbocycles. The largest absolute Gasteiger partial charge is 0.330 e. The zero-order chi connectivity index (χ0) is 14.4. The summed E-state index contributed by atoms with van der Waals surface area (Å²) in [6.45, 7) is 0. The monoisotopic (exact) mass is 374 g/mol. The van der Waals surface area contributed by atoms with Crippen LogP contribution in [0, 0.1) is 16.4 Å². The highest BCUT2D eigenvalue weighted by Gasteiger charge is 2.13. The molecule has 3 rings (SSSR count). The predicted molar refractivity (Wildman–Crippen MR) is 81.1 cm³/mol. The van der Waals surface area contributed by atoms with Crippen LogP contribution in [0.3, 0.4) is 0 Å². The second-order valence-electron chi connectivity index (χ2n) is 4.14. The molecule has 0 saturated heterocycles. The Balaban J connectivity index is 2.39. The van der Waals surface area contributed by atoms with Crippen LogP contribution >= 0.6 is 39.7 Å². The molecule has 3 aromatic rings. The predicted octanol–water partition coefficient (Wildman–Crippen LogP) is 5.38. The van der Waals surface area contributed by atoms with E-state index < -0.39 is 11.6 Å². The van der Waals surface area contributed by atoms with Gasteiger partial charge in [-0.1, -0.05) is 11.6 Å². The van der Waals surface area contributed by atoms with Crippen molar-refractivity contribution in [2.75, 3.05) is 0 Å². The Labute approximate surface area is 131 Å². The van der Waals surface area contributed by atoms with Crippen LogP contribution < -0.4 is 0 Å². The molecule has 0 atom stereocenters. The van der Waals surface area contributed by atoms with E-state index in [4.69, 9.17) is 23.8 Å². The highest BCUT2D eigenvalue weighted by Crippen LogP contribution is 2.27. The number of aromatic amines is 1. The first-order chi connectivity index (χ1) is 9.47. The van der Waals surface area contributed by atoms with Gasteiger partial charge in [0.2, 0.25) is 0 Å². The highest BCUT2D eigenvalue weighted by atomic mass is 79.9. The summed E-state index contributed by atoms with van der Waals surface area (Å²) in [5.74, 6) is -0.979. The van der Waals surface area contributed by atoms with Crippen LogP contribution in [0.15, 0.2) is 34.8 Å². The number of hydrogen-bond donors (Lipinski definition) is 1. The van der Waals surface area contributed by atoms with Gasteiger partial charge in [-0.15, -0.1) is 0 Å². The number of halogens is 4. The van der Waals surface area contributed by atoms with E-state index in [1.165, 1.54) is 22.8 Å². The number of nitrogens with one attached hydrogen (secondary N) is 1. The standard InChI is InChI=1S/C13H6BrClF2N2S/c14-7-4-10-12(5-8(7)16)19(13(20)18-10)11-2-1-6(15)3-9(11)17/h1-5H,(H,18,20). The number of fused-ring (bicyclic) bond motifs is 1. The molecule has 0 aliphatic rings. The maximum absolute atomic E-state index is 14.0. The van der Waals surface area contributed by atoms with Gasteiger partial charge < -0.3 is 4.98 Å². The van der Waals surface area contributed by atoms with Crippen LogP contribution in [0.2, 0.25) is 5.02 Å². The topological polar surface area (TPSA) is 20.7 Å². The molecule has 0 bridgehead atoms. The zero-order valence-electron chi connectivity index (χ0n) is 9.75. The van der Waals surface area contributed by atoms with Gasteiger partial charge in [0.25, 0.3) is 0 Å². The van der Waals surface area contributed by atoms with Crippen molar-refractivity contribution in [3.63, 3.8) is 0 Å². The average molecular weight is 376 g/mol. The van der Waals surface area contributed by atoms with Gasteiger partial charge >= 0.3 is 0 Å². The van der Waals surface area contributed by atoms with E-state index in [9.17, 15) is 8.78 Å². The van der Waals surface area contributed by atoms with Crippen molar-refractivity contribution < 1.29 is 8.78 Å². The van der Waals surface area contributed by atoms with E-state index in [0.717, 1.165) is 0 Å². The molecule has 0 radical (unpaired) electrons. The zero-order valence-corrected chi connectivity index (χ0v) is 12.9. The molecule has 7 heteroatoms. The lowest BCUT2D eigenvalue weighted by atomic mass is 10.2. The molecule has 0 saturated carbocycles. The molecule has 1 N–H and O–H groups in total. The molecule has 0 aliphatic heterocycles. The minimum Gasteiger partial charge on any atom is -0.330 e. The second kappa shape index (κ2) is 4.95. The lowest BCUT2D eigenvalue weighted by Crippen LogP contribution is -1.98. The van der Waals surface area contributed by atoms with Crippen LogP contribution in [0.1, 0.15) is 0 Å². The Morgan fingerprint density at radius 1 is 1.15 bits per heavy atom. The van der Waals surface area contributed by atoms with Crippen LogP contribution in [-0.2, 0) is 0 Å². The molecule has 2 nitrogen and oxygen atoms in total. The van der Waals surface area contributed by atoms with Crippen molar-refractivity contribution in [1.29, 1.82) is 0 Å². The van der Waals surface area contributed by atoms with Crippen LogP contribution in [0.25, 0.3) is 16.7 Å². The summed E-state index contributed by atoms with van der Waals surface area (Å²) in [4.78, 5) is 2.92. The third kappa shape index (κ3) is 2.17. The summed E-state index contributed by atoms with van der Waals surface area (Å²) in [7, 11) is 0. The van der Waals surface area contributed by atoms with Gasteiger partial charge in [-0.3, -0.25) is 4.57 Å². The van der Waals surface area contributed by atoms with Crippen LogP contribution in [-0.4, -0.2) is 9.55 Å². The molecule has 1 aromatic heterocycles. The first-order valence-corrected chi connectivity index (χ1v) is 7.10. The van der Waals surface area contributed by atoms with E-state index in [1.54, 1.807) is 12.1 Å². The van der Waals surface area contributed by atoms with E-state index >= 15 is 0 Å². The fraction of sp³-hybridized carbons (Fsp3) is 0. The molecule has 0 fully saturated rings. The van der Waals surface area contributed by atoms with Crippen molar-refractivity contribution in [2.45, 2.75) is 0 Å². The average Bonchev–Trinajstić information content (AvgIpc) is 2.66. The van der Waals surface area contributed by atoms with Gasteiger partial charge in [0.1, 0.15) is 11.6 Å². The minimum absolute atomic E-state index is 0.215. The summed E-state index contributed by atoms with van der Waals surface area (Å²) in [6, 6.07) is 7.09. The Bertz CT molecular complexity index is 888. The maximum Gasteiger partial charge on any atom is 0.182 e. The molecular weight excluding hydrogens is 370 g/mol. The molecule has 0 spiro atoms. The molecule has 0 amide bonds. The number of hydrogen-bond acceptors (Lipinski definition) is 1. The fourth-order valence-corrected chi connectivity index (χ4v) is 2.81. The smallest absolute Gasteiger partial charge is 0.182 e. The molecular formula is C13H6BrClF2N2S. The van der Waals surface area contributed by atoms with Gasteiger partial charge in [0.15, 0.2) is 4.77 Å². The number of nitrogens with zero attached hydrogens (tertiary/aromatic N) is 1. The van der Waals surface area contributed by atoms with Crippen molar-refractivity contribution in [1.82, 2.24) is 9.55 Å². The van der Waals surface area contributed by atoms with E-state index in [-0.39, 0.29) is 15.5 Å². The van der Waals surface area contributed by atoms with E-state index in [2.05, 4.69) is 20.9 Å². The van der Waals surface area contributed by atoms with Gasteiger partial charge in [-0.2, -0.15) is 0 Å². The molecule has 2 aromatic carbocycles. The lowest BCUT2D eigenvalue weighted by Gasteiger charge is -2.06. The van der Waals surface area contributed by atoms with Crippen molar-refractivity contribution >= 4 is 50.8 Å². The summed E-state index contributed by atoms with van der Waals surface area (Å²) >= 11 is 14.0. The number of rotatable bonds is 1. The van der Waals surface area contributed by atoms with Crippen molar-refractivity contribution in [3.8, 4) is 5.69 Å². The Hall–Kier alpha value is -1.24. The highest BCUT2D eigenvalue weighted by molar-refractivity contribution is 9.10. The Morgan fingerprint density at radius 3 is 2.60 bits per heavy atom. The van der Waals surface area contributed by atoms with E-state index in [1.807, 2.05) is 0 Å². The first-order valence-electron chi connectivity index (χ1n) is 5.52. The molecule has 102 valence electrons. The number of benzene rings is 2. The van der Waals surface area contributed by atoms with Gasteiger partial charge in [-0.25, -0.2) is 8.78 Å². The third-order valence-electron chi connectivity index (χ3n) is 2.87.